The zero-order chi connectivity index (χ0) is 19.7. The van der Waals surface area contributed by atoms with Crippen LogP contribution in [0.2, 0.25) is 0 Å². The van der Waals surface area contributed by atoms with Gasteiger partial charge >= 0.3 is 0 Å². The van der Waals surface area contributed by atoms with Gasteiger partial charge in [-0.3, -0.25) is 9.59 Å². The lowest BCUT2D eigenvalue weighted by molar-refractivity contribution is 0.0922. The zero-order valence-corrected chi connectivity index (χ0v) is 16.3. The number of carbonyl (C=O) groups excluding carboxylic acids is 1. The Hall–Kier alpha value is -2.95. The van der Waals surface area contributed by atoms with E-state index < -0.39 is 0 Å². The normalized spacial score (nSPS) is 15.4. The summed E-state index contributed by atoms with van der Waals surface area (Å²) in [6, 6.07) is 17.5. The summed E-state index contributed by atoms with van der Waals surface area (Å²) < 4.78 is 1.40. The molecule has 4 rings (SSSR count). The van der Waals surface area contributed by atoms with E-state index in [9.17, 15) is 9.59 Å². The summed E-state index contributed by atoms with van der Waals surface area (Å²) in [5, 5.41) is 8.64. The Balaban J connectivity index is 1.66. The monoisotopic (exact) mass is 375 g/mol. The molecule has 0 aliphatic heterocycles. The molecule has 1 saturated carbocycles. The highest BCUT2D eigenvalue weighted by molar-refractivity contribution is 6.04. The average molecular weight is 375 g/mol. The van der Waals surface area contributed by atoms with Gasteiger partial charge in [0.15, 0.2) is 5.69 Å². The third kappa shape index (κ3) is 3.11. The molecular formula is C23H25N3O2. The summed E-state index contributed by atoms with van der Waals surface area (Å²) >= 11 is 0. The highest BCUT2D eigenvalue weighted by atomic mass is 16.2. The van der Waals surface area contributed by atoms with Crippen molar-refractivity contribution < 1.29 is 4.79 Å². The zero-order valence-electron chi connectivity index (χ0n) is 16.3. The first-order valence-electron chi connectivity index (χ1n) is 9.87. The SMILES string of the molecule is CC(C)n1nc(C(=O)NCC2(c3ccccc3)CCC2)c2ccccc2c1=O. The van der Waals surface area contributed by atoms with Crippen molar-refractivity contribution in [1.29, 1.82) is 0 Å². The lowest BCUT2D eigenvalue weighted by atomic mass is 9.64. The molecule has 1 N–H and O–H groups in total. The van der Waals surface area contributed by atoms with Crippen molar-refractivity contribution in [3.63, 3.8) is 0 Å². The maximum Gasteiger partial charge on any atom is 0.274 e. The quantitative estimate of drug-likeness (QED) is 0.737. The molecule has 5 heteroatoms. The number of hydrogen-bond donors (Lipinski definition) is 1. The summed E-state index contributed by atoms with van der Waals surface area (Å²) in [6.07, 6.45) is 3.30. The van der Waals surface area contributed by atoms with Crippen LogP contribution in [-0.4, -0.2) is 22.2 Å². The summed E-state index contributed by atoms with van der Waals surface area (Å²) in [6.45, 7) is 4.36. The minimum absolute atomic E-state index is 0.000775. The predicted octanol–water partition coefficient (Wildman–Crippen LogP) is 3.83. The van der Waals surface area contributed by atoms with Gasteiger partial charge in [-0.1, -0.05) is 55.0 Å². The first-order chi connectivity index (χ1) is 13.5. The lowest BCUT2D eigenvalue weighted by Crippen LogP contribution is -2.46. The van der Waals surface area contributed by atoms with Crippen molar-refractivity contribution in [3.8, 4) is 0 Å². The first-order valence-corrected chi connectivity index (χ1v) is 9.87. The molecule has 1 aliphatic rings. The minimum Gasteiger partial charge on any atom is -0.350 e. The van der Waals surface area contributed by atoms with E-state index in [2.05, 4.69) is 22.5 Å². The molecule has 0 atom stereocenters. The number of aromatic nitrogens is 2. The number of nitrogens with zero attached hydrogens (tertiary/aromatic N) is 2. The summed E-state index contributed by atoms with van der Waals surface area (Å²) in [5.74, 6) is -0.229. The van der Waals surface area contributed by atoms with Gasteiger partial charge in [-0.2, -0.15) is 5.10 Å². The second-order valence-electron chi connectivity index (χ2n) is 7.92. The van der Waals surface area contributed by atoms with E-state index in [1.807, 2.05) is 44.2 Å². The minimum atomic E-state index is -0.229. The van der Waals surface area contributed by atoms with Gasteiger partial charge in [0, 0.05) is 17.3 Å². The fourth-order valence-electron chi connectivity index (χ4n) is 4.02. The second-order valence-corrected chi connectivity index (χ2v) is 7.92. The fraction of sp³-hybridized carbons (Fsp3) is 0.348. The molecule has 2 aromatic carbocycles. The highest BCUT2D eigenvalue weighted by Crippen LogP contribution is 2.43. The molecule has 0 radical (unpaired) electrons. The number of hydrogen-bond acceptors (Lipinski definition) is 3. The van der Waals surface area contributed by atoms with Crippen LogP contribution in [0.25, 0.3) is 10.8 Å². The highest BCUT2D eigenvalue weighted by Gasteiger charge is 2.39. The third-order valence-electron chi connectivity index (χ3n) is 5.82. The van der Waals surface area contributed by atoms with Gasteiger partial charge in [0.1, 0.15) is 0 Å². The van der Waals surface area contributed by atoms with Crippen molar-refractivity contribution in [2.45, 2.75) is 44.6 Å². The van der Waals surface area contributed by atoms with E-state index in [4.69, 9.17) is 0 Å². The molecule has 5 nitrogen and oxygen atoms in total. The number of nitrogens with one attached hydrogen (secondary N) is 1. The molecule has 0 spiro atoms. The Labute approximate surface area is 164 Å². The van der Waals surface area contributed by atoms with Crippen molar-refractivity contribution in [1.82, 2.24) is 15.1 Å². The molecule has 0 unspecified atom stereocenters. The summed E-state index contributed by atoms with van der Waals surface area (Å²) in [7, 11) is 0. The third-order valence-corrected chi connectivity index (χ3v) is 5.82. The van der Waals surface area contributed by atoms with E-state index in [-0.39, 0.29) is 22.9 Å². The van der Waals surface area contributed by atoms with E-state index >= 15 is 0 Å². The van der Waals surface area contributed by atoms with Gasteiger partial charge in [-0.15, -0.1) is 0 Å². The lowest BCUT2D eigenvalue weighted by Gasteiger charge is -2.42. The van der Waals surface area contributed by atoms with Crippen LogP contribution in [0.1, 0.15) is 55.2 Å². The number of carbonyl (C=O) groups is 1. The van der Waals surface area contributed by atoms with Gasteiger partial charge in [0.25, 0.3) is 11.5 Å². The molecular weight excluding hydrogens is 350 g/mol. The second kappa shape index (κ2) is 7.23. The first kappa shape index (κ1) is 18.4. The fourth-order valence-corrected chi connectivity index (χ4v) is 4.02. The van der Waals surface area contributed by atoms with Crippen LogP contribution in [0.4, 0.5) is 0 Å². The maximum absolute atomic E-state index is 13.1. The van der Waals surface area contributed by atoms with Crippen molar-refractivity contribution in [2.75, 3.05) is 6.54 Å². The van der Waals surface area contributed by atoms with Gasteiger partial charge in [-0.05, 0) is 38.3 Å². The number of benzene rings is 2. The van der Waals surface area contributed by atoms with Gasteiger partial charge < -0.3 is 5.32 Å². The predicted molar refractivity (Wildman–Crippen MR) is 111 cm³/mol. The molecule has 0 bridgehead atoms. The van der Waals surface area contributed by atoms with Crippen molar-refractivity contribution in [2.24, 2.45) is 0 Å². The van der Waals surface area contributed by atoms with E-state index in [0.717, 1.165) is 12.8 Å². The Morgan fingerprint density at radius 3 is 2.32 bits per heavy atom. The number of amides is 1. The van der Waals surface area contributed by atoms with E-state index in [1.54, 1.807) is 12.1 Å². The van der Waals surface area contributed by atoms with Gasteiger partial charge in [0.2, 0.25) is 0 Å². The Kier molecular flexibility index (Phi) is 4.75. The Morgan fingerprint density at radius 2 is 1.71 bits per heavy atom. The smallest absolute Gasteiger partial charge is 0.274 e. The molecule has 28 heavy (non-hydrogen) atoms. The van der Waals surface area contributed by atoms with Gasteiger partial charge in [0.05, 0.1) is 11.4 Å². The Bertz CT molecular complexity index is 1070. The number of fused-ring (bicyclic) bond motifs is 1. The van der Waals surface area contributed by atoms with Crippen LogP contribution < -0.4 is 10.9 Å². The van der Waals surface area contributed by atoms with Crippen LogP contribution in [0.15, 0.2) is 59.4 Å². The van der Waals surface area contributed by atoms with Gasteiger partial charge in [-0.25, -0.2) is 4.68 Å². The summed E-state index contributed by atoms with van der Waals surface area (Å²) in [5.41, 5.74) is 1.42. The molecule has 0 saturated heterocycles. The van der Waals surface area contributed by atoms with Crippen LogP contribution in [0, 0.1) is 0 Å². The topological polar surface area (TPSA) is 64.0 Å². The molecule has 1 aliphatic carbocycles. The van der Waals surface area contributed by atoms with E-state index in [0.29, 0.717) is 23.0 Å². The molecule has 1 fully saturated rings. The summed E-state index contributed by atoms with van der Waals surface area (Å²) in [4.78, 5) is 25.7. The molecule has 1 amide bonds. The average Bonchev–Trinajstić information content (AvgIpc) is 2.68. The largest absolute Gasteiger partial charge is 0.350 e. The standard InChI is InChI=1S/C23H25N3O2/c1-16(2)26-22(28)19-12-7-6-11-18(19)20(25-26)21(27)24-15-23(13-8-14-23)17-9-4-3-5-10-17/h3-7,9-12,16H,8,13-15H2,1-2H3,(H,24,27). The number of rotatable bonds is 5. The van der Waals surface area contributed by atoms with Crippen LogP contribution >= 0.6 is 0 Å². The molecule has 3 aromatic rings. The van der Waals surface area contributed by atoms with Crippen LogP contribution in [-0.2, 0) is 5.41 Å². The molecule has 144 valence electrons. The maximum atomic E-state index is 13.1. The molecule has 1 heterocycles. The van der Waals surface area contributed by atoms with Crippen molar-refractivity contribution in [3.05, 3.63) is 76.2 Å². The Morgan fingerprint density at radius 1 is 1.07 bits per heavy atom. The van der Waals surface area contributed by atoms with Crippen LogP contribution in [0.5, 0.6) is 0 Å². The van der Waals surface area contributed by atoms with E-state index in [1.165, 1.54) is 16.7 Å². The van der Waals surface area contributed by atoms with Crippen LogP contribution in [0.3, 0.4) is 0 Å². The molecule has 1 aromatic heterocycles. The van der Waals surface area contributed by atoms with Crippen molar-refractivity contribution >= 4 is 16.7 Å².